The van der Waals surface area contributed by atoms with Gasteiger partial charge >= 0.3 is 0 Å². The Morgan fingerprint density at radius 1 is 1.15 bits per heavy atom. The molecule has 3 rings (SSSR count). The molecule has 0 bridgehead atoms. The number of amides is 1. The van der Waals surface area contributed by atoms with Crippen molar-refractivity contribution in [2.24, 2.45) is 0 Å². The molecule has 0 saturated heterocycles. The van der Waals surface area contributed by atoms with Crippen molar-refractivity contribution in [1.29, 1.82) is 0 Å². The molecule has 0 aliphatic rings. The largest absolute Gasteiger partial charge is 0.496 e. The smallest absolute Gasteiger partial charge is 0.277 e. The number of hydrogen-bond acceptors (Lipinski definition) is 6. The van der Waals surface area contributed by atoms with Gasteiger partial charge in [0.15, 0.2) is 0 Å². The lowest BCUT2D eigenvalue weighted by molar-refractivity contribution is -0.113. The van der Waals surface area contributed by atoms with Gasteiger partial charge in [0, 0.05) is 5.69 Å². The summed E-state index contributed by atoms with van der Waals surface area (Å²) in [4.78, 5) is 12.1. The number of anilines is 1. The fraction of sp³-hybridized carbons (Fsp3) is 0.211. The number of ether oxygens (including phenoxy) is 1. The van der Waals surface area contributed by atoms with Crippen LogP contribution >= 0.6 is 11.8 Å². The lowest BCUT2D eigenvalue weighted by Gasteiger charge is -2.06. The molecule has 0 saturated carbocycles. The van der Waals surface area contributed by atoms with Crippen LogP contribution in [-0.2, 0) is 4.79 Å². The number of thioether (sulfide) groups is 1. The molecular weight excluding hydrogens is 350 g/mol. The SMILES string of the molecule is COc1ccccc1-c1nnc(SCC(=O)Nc2cc(C)cc(C)c2)o1. The summed E-state index contributed by atoms with van der Waals surface area (Å²) in [6.45, 7) is 3.99. The lowest BCUT2D eigenvalue weighted by atomic mass is 10.1. The first kappa shape index (κ1) is 18.0. The minimum atomic E-state index is -0.128. The number of aromatic nitrogens is 2. The van der Waals surface area contributed by atoms with Crippen molar-refractivity contribution in [2.45, 2.75) is 19.1 Å². The molecule has 26 heavy (non-hydrogen) atoms. The Balaban J connectivity index is 1.62. The summed E-state index contributed by atoms with van der Waals surface area (Å²) in [6, 6.07) is 13.3. The Kier molecular flexibility index (Phi) is 5.58. The number of benzene rings is 2. The molecule has 3 aromatic rings. The van der Waals surface area contributed by atoms with Crippen LogP contribution in [0.5, 0.6) is 5.75 Å². The van der Waals surface area contributed by atoms with Crippen LogP contribution in [0.2, 0.25) is 0 Å². The van der Waals surface area contributed by atoms with Gasteiger partial charge < -0.3 is 14.5 Å². The summed E-state index contributed by atoms with van der Waals surface area (Å²) in [5, 5.41) is 11.2. The van der Waals surface area contributed by atoms with E-state index in [1.165, 1.54) is 11.8 Å². The first-order valence-corrected chi connectivity index (χ1v) is 9.01. The number of nitrogens with zero attached hydrogens (tertiary/aromatic N) is 2. The molecule has 0 radical (unpaired) electrons. The van der Waals surface area contributed by atoms with E-state index in [0.29, 0.717) is 22.4 Å². The van der Waals surface area contributed by atoms with E-state index in [1.807, 2.05) is 50.2 Å². The number of nitrogens with one attached hydrogen (secondary N) is 1. The first-order valence-electron chi connectivity index (χ1n) is 8.03. The number of rotatable bonds is 6. The van der Waals surface area contributed by atoms with Crippen LogP contribution in [0.15, 0.2) is 52.1 Å². The fourth-order valence-electron chi connectivity index (χ4n) is 2.57. The van der Waals surface area contributed by atoms with Gasteiger partial charge in [-0.2, -0.15) is 0 Å². The van der Waals surface area contributed by atoms with Gasteiger partial charge in [-0.1, -0.05) is 30.0 Å². The number of carbonyl (C=O) groups excluding carboxylic acids is 1. The maximum atomic E-state index is 12.1. The van der Waals surface area contributed by atoms with Gasteiger partial charge in [-0.3, -0.25) is 4.79 Å². The highest BCUT2D eigenvalue weighted by molar-refractivity contribution is 7.99. The van der Waals surface area contributed by atoms with Crippen LogP contribution in [-0.4, -0.2) is 29.0 Å². The van der Waals surface area contributed by atoms with Crippen molar-refractivity contribution in [1.82, 2.24) is 10.2 Å². The molecule has 1 heterocycles. The predicted molar refractivity (Wildman–Crippen MR) is 102 cm³/mol. The quantitative estimate of drug-likeness (QED) is 0.660. The number of hydrogen-bond donors (Lipinski definition) is 1. The van der Waals surface area contributed by atoms with E-state index in [4.69, 9.17) is 9.15 Å². The number of methoxy groups -OCH3 is 1. The van der Waals surface area contributed by atoms with Gasteiger partial charge in [0.1, 0.15) is 5.75 Å². The topological polar surface area (TPSA) is 77.2 Å². The van der Waals surface area contributed by atoms with E-state index in [0.717, 1.165) is 16.8 Å². The fourth-order valence-corrected chi connectivity index (χ4v) is 3.13. The monoisotopic (exact) mass is 369 g/mol. The highest BCUT2D eigenvalue weighted by Gasteiger charge is 2.14. The van der Waals surface area contributed by atoms with Gasteiger partial charge in [0.05, 0.1) is 18.4 Å². The van der Waals surface area contributed by atoms with Crippen LogP contribution in [0.3, 0.4) is 0 Å². The van der Waals surface area contributed by atoms with Crippen molar-refractivity contribution < 1.29 is 13.9 Å². The van der Waals surface area contributed by atoms with Crippen molar-refractivity contribution in [3.8, 4) is 17.2 Å². The minimum Gasteiger partial charge on any atom is -0.496 e. The third kappa shape index (κ3) is 4.43. The Morgan fingerprint density at radius 2 is 1.88 bits per heavy atom. The standard InChI is InChI=1S/C19H19N3O3S/c1-12-8-13(2)10-14(9-12)20-17(23)11-26-19-22-21-18(25-19)15-6-4-5-7-16(15)24-3/h4-10H,11H2,1-3H3,(H,20,23). The van der Waals surface area contributed by atoms with E-state index >= 15 is 0 Å². The highest BCUT2D eigenvalue weighted by atomic mass is 32.2. The van der Waals surface area contributed by atoms with E-state index in [-0.39, 0.29) is 11.7 Å². The predicted octanol–water partition coefficient (Wildman–Crippen LogP) is 4.09. The molecule has 1 aromatic heterocycles. The molecule has 0 spiro atoms. The molecule has 0 unspecified atom stereocenters. The van der Waals surface area contributed by atoms with Gasteiger partial charge in [-0.15, -0.1) is 10.2 Å². The average Bonchev–Trinajstić information content (AvgIpc) is 3.08. The van der Waals surface area contributed by atoms with Crippen LogP contribution in [0.4, 0.5) is 5.69 Å². The van der Waals surface area contributed by atoms with Gasteiger partial charge in [0.25, 0.3) is 11.1 Å². The molecule has 2 aromatic carbocycles. The number of aryl methyl sites for hydroxylation is 2. The van der Waals surface area contributed by atoms with Crippen LogP contribution in [0, 0.1) is 13.8 Å². The molecule has 0 atom stereocenters. The summed E-state index contributed by atoms with van der Waals surface area (Å²) >= 11 is 1.19. The zero-order valence-electron chi connectivity index (χ0n) is 14.8. The zero-order chi connectivity index (χ0) is 18.5. The zero-order valence-corrected chi connectivity index (χ0v) is 15.6. The van der Waals surface area contributed by atoms with Crippen molar-refractivity contribution >= 4 is 23.4 Å². The molecule has 134 valence electrons. The normalized spacial score (nSPS) is 10.6. The molecule has 0 aliphatic heterocycles. The molecule has 0 aliphatic carbocycles. The molecule has 7 heteroatoms. The second kappa shape index (κ2) is 8.05. The van der Waals surface area contributed by atoms with E-state index < -0.39 is 0 Å². The summed E-state index contributed by atoms with van der Waals surface area (Å²) < 4.78 is 10.9. The maximum absolute atomic E-state index is 12.1. The number of para-hydroxylation sites is 1. The Bertz CT molecular complexity index is 904. The third-order valence-corrected chi connectivity index (χ3v) is 4.39. The van der Waals surface area contributed by atoms with E-state index in [1.54, 1.807) is 7.11 Å². The molecule has 6 nitrogen and oxygen atoms in total. The summed E-state index contributed by atoms with van der Waals surface area (Å²) in [7, 11) is 1.59. The average molecular weight is 369 g/mol. The Hall–Kier alpha value is -2.80. The summed E-state index contributed by atoms with van der Waals surface area (Å²) in [5.74, 6) is 1.07. The summed E-state index contributed by atoms with van der Waals surface area (Å²) in [6.07, 6.45) is 0. The Morgan fingerprint density at radius 3 is 2.62 bits per heavy atom. The van der Waals surface area contributed by atoms with Gasteiger partial charge in [-0.05, 0) is 49.2 Å². The van der Waals surface area contributed by atoms with Crippen LogP contribution in [0.1, 0.15) is 11.1 Å². The van der Waals surface area contributed by atoms with Gasteiger partial charge in [-0.25, -0.2) is 0 Å². The van der Waals surface area contributed by atoms with Crippen molar-refractivity contribution in [2.75, 3.05) is 18.2 Å². The van der Waals surface area contributed by atoms with Gasteiger partial charge in [0.2, 0.25) is 5.91 Å². The minimum absolute atomic E-state index is 0.128. The van der Waals surface area contributed by atoms with Crippen molar-refractivity contribution in [3.63, 3.8) is 0 Å². The van der Waals surface area contributed by atoms with Crippen LogP contribution < -0.4 is 10.1 Å². The molecule has 1 amide bonds. The van der Waals surface area contributed by atoms with Crippen molar-refractivity contribution in [3.05, 3.63) is 53.6 Å². The van der Waals surface area contributed by atoms with Crippen LogP contribution in [0.25, 0.3) is 11.5 Å². The molecule has 0 fully saturated rings. The third-order valence-electron chi connectivity index (χ3n) is 3.58. The van der Waals surface area contributed by atoms with E-state index in [9.17, 15) is 4.79 Å². The second-order valence-corrected chi connectivity index (χ2v) is 6.71. The molecule has 1 N–H and O–H groups in total. The maximum Gasteiger partial charge on any atom is 0.277 e. The second-order valence-electron chi connectivity index (χ2n) is 5.79. The first-order chi connectivity index (χ1) is 12.5. The van der Waals surface area contributed by atoms with E-state index in [2.05, 4.69) is 21.6 Å². The lowest BCUT2D eigenvalue weighted by Crippen LogP contribution is -2.14. The number of carbonyl (C=O) groups is 1. The highest BCUT2D eigenvalue weighted by Crippen LogP contribution is 2.30. The molecular formula is C19H19N3O3S. The summed E-state index contributed by atoms with van der Waals surface area (Å²) in [5.41, 5.74) is 3.71. The Labute approximate surface area is 156 Å².